The zero-order valence-corrected chi connectivity index (χ0v) is 21.7. The van der Waals surface area contributed by atoms with Crippen molar-refractivity contribution in [2.45, 2.75) is 61.4 Å². The van der Waals surface area contributed by atoms with E-state index in [0.29, 0.717) is 12.3 Å². The molecule has 1 saturated heterocycles. The number of sulfonamides is 1. The molecule has 2 aliphatic rings. The summed E-state index contributed by atoms with van der Waals surface area (Å²) in [6.07, 6.45) is 3.24. The van der Waals surface area contributed by atoms with Gasteiger partial charge in [-0.25, -0.2) is 23.4 Å². The van der Waals surface area contributed by atoms with E-state index in [9.17, 15) is 21.6 Å². The molecule has 5 rings (SSSR count). The van der Waals surface area contributed by atoms with Crippen LogP contribution in [0.1, 0.15) is 43.6 Å². The molecule has 3 heterocycles. The van der Waals surface area contributed by atoms with Crippen molar-refractivity contribution in [1.82, 2.24) is 19.9 Å². The number of likely N-dealkylation sites (tertiary alicyclic amines) is 1. The minimum absolute atomic E-state index is 0.0331. The summed E-state index contributed by atoms with van der Waals surface area (Å²) in [5.74, 6) is 0.292. The fraction of sp³-hybridized carbons (Fsp3) is 0.423. The van der Waals surface area contributed by atoms with Gasteiger partial charge in [0.15, 0.2) is 0 Å². The molecular formula is C26H28F3N5O4S. The maximum absolute atomic E-state index is 12.7. The summed E-state index contributed by atoms with van der Waals surface area (Å²) in [7, 11) is -3.89. The molecule has 0 bridgehead atoms. The van der Waals surface area contributed by atoms with Crippen molar-refractivity contribution < 1.29 is 31.1 Å². The SMILES string of the molecule is O=S(=O)(Nc1ccncn1)c1ccc(O[C@H]2CC[C@H](c3cccc(OC(F)(F)F)c3)C[C@@H]2N2CCCC2)nc1. The molecule has 1 saturated carbocycles. The molecule has 208 valence electrons. The van der Waals surface area contributed by atoms with Crippen LogP contribution in [0.2, 0.25) is 0 Å². The van der Waals surface area contributed by atoms with Crippen molar-refractivity contribution in [1.29, 1.82) is 0 Å². The summed E-state index contributed by atoms with van der Waals surface area (Å²) < 4.78 is 76.3. The Kier molecular flexibility index (Phi) is 7.89. The van der Waals surface area contributed by atoms with Crippen LogP contribution < -0.4 is 14.2 Å². The molecule has 9 nitrogen and oxygen atoms in total. The molecular weight excluding hydrogens is 535 g/mol. The lowest BCUT2D eigenvalue weighted by atomic mass is 9.79. The van der Waals surface area contributed by atoms with Crippen LogP contribution in [0.25, 0.3) is 0 Å². The van der Waals surface area contributed by atoms with Gasteiger partial charge in [-0.3, -0.25) is 9.62 Å². The molecule has 0 amide bonds. The second-order valence-electron chi connectivity index (χ2n) is 9.63. The number of pyridine rings is 1. The van der Waals surface area contributed by atoms with E-state index in [-0.39, 0.29) is 34.5 Å². The zero-order chi connectivity index (χ0) is 27.5. The highest BCUT2D eigenvalue weighted by Gasteiger charge is 2.38. The smallest absolute Gasteiger partial charge is 0.473 e. The second-order valence-corrected chi connectivity index (χ2v) is 11.3. The van der Waals surface area contributed by atoms with Gasteiger partial charge in [-0.15, -0.1) is 13.2 Å². The van der Waals surface area contributed by atoms with Crippen LogP contribution in [0.4, 0.5) is 19.0 Å². The number of hydrogen-bond acceptors (Lipinski definition) is 8. The molecule has 39 heavy (non-hydrogen) atoms. The third-order valence-corrected chi connectivity index (χ3v) is 8.38. The van der Waals surface area contributed by atoms with Crippen molar-refractivity contribution in [3.8, 4) is 11.6 Å². The Morgan fingerprint density at radius 1 is 1.03 bits per heavy atom. The minimum atomic E-state index is -4.74. The van der Waals surface area contributed by atoms with Crippen molar-refractivity contribution in [2.24, 2.45) is 0 Å². The van der Waals surface area contributed by atoms with Gasteiger partial charge in [0.2, 0.25) is 5.88 Å². The molecule has 13 heteroatoms. The standard InChI is InChI=1S/C26H28F3N5O4S/c27-26(28,29)38-20-5-3-4-18(14-20)19-6-8-23(22(15-19)34-12-1-2-13-34)37-25-9-7-21(16-31-25)39(35,36)33-24-10-11-30-17-32-24/h3-5,7,9-11,14,16-17,19,22-23H,1-2,6,8,12-13,15H2,(H,30,32,33)/t19-,22-,23-/m0/s1. The Labute approximate surface area is 224 Å². The van der Waals surface area contributed by atoms with Gasteiger partial charge in [0.05, 0.1) is 6.20 Å². The van der Waals surface area contributed by atoms with Crippen LogP contribution in [-0.4, -0.2) is 59.9 Å². The van der Waals surface area contributed by atoms with Crippen molar-refractivity contribution >= 4 is 15.8 Å². The Balaban J connectivity index is 1.28. The maximum atomic E-state index is 12.7. The molecule has 3 atom stereocenters. The van der Waals surface area contributed by atoms with E-state index in [4.69, 9.17) is 4.74 Å². The average molecular weight is 564 g/mol. The first-order valence-corrected chi connectivity index (χ1v) is 14.2. The number of hydrogen-bond donors (Lipinski definition) is 1. The molecule has 1 aliphatic heterocycles. The molecule has 0 radical (unpaired) electrons. The van der Waals surface area contributed by atoms with E-state index in [1.54, 1.807) is 6.07 Å². The van der Waals surface area contributed by atoms with Crippen LogP contribution in [0.5, 0.6) is 11.6 Å². The monoisotopic (exact) mass is 563 g/mol. The van der Waals surface area contributed by atoms with Crippen molar-refractivity contribution in [2.75, 3.05) is 17.8 Å². The van der Waals surface area contributed by atoms with Crippen LogP contribution in [0, 0.1) is 0 Å². The van der Waals surface area contributed by atoms with Crippen LogP contribution >= 0.6 is 0 Å². The number of anilines is 1. The number of ether oxygens (including phenoxy) is 2. The Morgan fingerprint density at radius 3 is 2.54 bits per heavy atom. The summed E-state index contributed by atoms with van der Waals surface area (Å²) in [4.78, 5) is 14.2. The fourth-order valence-corrected chi connectivity index (χ4v) is 6.23. The summed E-state index contributed by atoms with van der Waals surface area (Å²) in [6.45, 7) is 1.85. The summed E-state index contributed by atoms with van der Waals surface area (Å²) in [6, 6.07) is 10.6. The molecule has 2 aromatic heterocycles. The van der Waals surface area contributed by atoms with E-state index in [0.717, 1.165) is 44.3 Å². The van der Waals surface area contributed by atoms with Crippen molar-refractivity contribution in [3.63, 3.8) is 0 Å². The molecule has 0 unspecified atom stereocenters. The normalized spacial score (nSPS) is 22.4. The average Bonchev–Trinajstić information content (AvgIpc) is 3.44. The van der Waals surface area contributed by atoms with Gasteiger partial charge < -0.3 is 9.47 Å². The third kappa shape index (κ3) is 6.95. The lowest BCUT2D eigenvalue weighted by Gasteiger charge is -2.41. The number of rotatable bonds is 8. The largest absolute Gasteiger partial charge is 0.573 e. The first-order valence-electron chi connectivity index (χ1n) is 12.7. The van der Waals surface area contributed by atoms with Crippen LogP contribution in [-0.2, 0) is 10.0 Å². The van der Waals surface area contributed by atoms with Crippen LogP contribution in [0.3, 0.4) is 0 Å². The predicted octanol–water partition coefficient (Wildman–Crippen LogP) is 4.75. The quantitative estimate of drug-likeness (QED) is 0.419. The molecule has 1 N–H and O–H groups in total. The highest BCUT2D eigenvalue weighted by molar-refractivity contribution is 7.92. The third-order valence-electron chi connectivity index (χ3n) is 7.04. The van der Waals surface area contributed by atoms with E-state index in [2.05, 4.69) is 29.3 Å². The van der Waals surface area contributed by atoms with Gasteiger partial charge in [-0.1, -0.05) is 12.1 Å². The summed E-state index contributed by atoms with van der Waals surface area (Å²) in [5.41, 5.74) is 0.809. The van der Waals surface area contributed by atoms with Gasteiger partial charge in [0.25, 0.3) is 10.0 Å². The second kappa shape index (κ2) is 11.3. The first kappa shape index (κ1) is 27.1. The number of halogens is 3. The molecule has 1 aliphatic carbocycles. The van der Waals surface area contributed by atoms with Gasteiger partial charge in [0.1, 0.15) is 28.9 Å². The lowest BCUT2D eigenvalue weighted by Crippen LogP contribution is -2.48. The van der Waals surface area contributed by atoms with E-state index in [1.165, 1.54) is 49.1 Å². The lowest BCUT2D eigenvalue weighted by molar-refractivity contribution is -0.274. The Hall–Kier alpha value is -3.45. The molecule has 3 aromatic rings. The molecule has 0 spiro atoms. The Bertz CT molecular complexity index is 1350. The van der Waals surface area contributed by atoms with Gasteiger partial charge in [-0.2, -0.15) is 0 Å². The highest BCUT2D eigenvalue weighted by Crippen LogP contribution is 2.39. The zero-order valence-electron chi connectivity index (χ0n) is 20.9. The Morgan fingerprint density at radius 2 is 1.85 bits per heavy atom. The van der Waals surface area contributed by atoms with E-state index >= 15 is 0 Å². The van der Waals surface area contributed by atoms with E-state index in [1.807, 2.05) is 6.07 Å². The minimum Gasteiger partial charge on any atom is -0.473 e. The molecule has 2 fully saturated rings. The topological polar surface area (TPSA) is 107 Å². The van der Waals surface area contributed by atoms with E-state index < -0.39 is 16.4 Å². The van der Waals surface area contributed by atoms with Gasteiger partial charge >= 0.3 is 6.36 Å². The first-order chi connectivity index (χ1) is 18.7. The highest BCUT2D eigenvalue weighted by atomic mass is 32.2. The van der Waals surface area contributed by atoms with Crippen LogP contribution in [0.15, 0.2) is 66.1 Å². The number of aromatic nitrogens is 3. The number of nitrogens with one attached hydrogen (secondary N) is 1. The summed E-state index contributed by atoms with van der Waals surface area (Å²) in [5, 5.41) is 0. The number of alkyl halides is 3. The predicted molar refractivity (Wildman–Crippen MR) is 136 cm³/mol. The van der Waals surface area contributed by atoms with Gasteiger partial charge in [0, 0.05) is 18.3 Å². The van der Waals surface area contributed by atoms with Gasteiger partial charge in [-0.05, 0) is 80.9 Å². The maximum Gasteiger partial charge on any atom is 0.573 e. The summed E-state index contributed by atoms with van der Waals surface area (Å²) >= 11 is 0. The number of benzene rings is 1. The fourth-order valence-electron chi connectivity index (χ4n) is 5.28. The van der Waals surface area contributed by atoms with Crippen molar-refractivity contribution in [3.05, 3.63) is 66.7 Å². The molecule has 1 aromatic carbocycles. The number of nitrogens with zero attached hydrogens (tertiary/aromatic N) is 4.